The van der Waals surface area contributed by atoms with Crippen molar-refractivity contribution in [3.05, 3.63) is 24.3 Å². The Kier molecular flexibility index (Phi) is 3.55. The molecular formula is C11H17N3O. The summed E-state index contributed by atoms with van der Waals surface area (Å²) in [6.07, 6.45) is 0. The predicted octanol–water partition coefficient (Wildman–Crippen LogP) is 0.839. The SMILES string of the molecule is CNC(=O)C(C)N(C)c1ccc(N)cc1. The number of nitrogens with zero attached hydrogens (tertiary/aromatic N) is 1. The quantitative estimate of drug-likeness (QED) is 0.722. The van der Waals surface area contributed by atoms with Crippen LogP contribution in [-0.4, -0.2) is 26.0 Å². The molecule has 1 aromatic carbocycles. The average molecular weight is 207 g/mol. The molecule has 1 atom stereocenters. The molecule has 0 aromatic heterocycles. The van der Waals surface area contributed by atoms with Crippen molar-refractivity contribution in [3.63, 3.8) is 0 Å². The number of rotatable bonds is 3. The molecule has 4 nitrogen and oxygen atoms in total. The maximum absolute atomic E-state index is 11.4. The fourth-order valence-electron chi connectivity index (χ4n) is 1.32. The van der Waals surface area contributed by atoms with E-state index in [-0.39, 0.29) is 11.9 Å². The largest absolute Gasteiger partial charge is 0.399 e. The van der Waals surface area contributed by atoms with Gasteiger partial charge in [0.1, 0.15) is 6.04 Å². The molecule has 15 heavy (non-hydrogen) atoms. The number of hydrogen-bond donors (Lipinski definition) is 2. The lowest BCUT2D eigenvalue weighted by molar-refractivity contribution is -0.121. The van der Waals surface area contributed by atoms with Crippen molar-refractivity contribution in [3.8, 4) is 0 Å². The van der Waals surface area contributed by atoms with Crippen molar-refractivity contribution < 1.29 is 4.79 Å². The first kappa shape index (κ1) is 11.4. The van der Waals surface area contributed by atoms with Gasteiger partial charge in [-0.15, -0.1) is 0 Å². The van der Waals surface area contributed by atoms with E-state index < -0.39 is 0 Å². The van der Waals surface area contributed by atoms with Gasteiger partial charge >= 0.3 is 0 Å². The van der Waals surface area contributed by atoms with Gasteiger partial charge in [0, 0.05) is 25.5 Å². The molecule has 0 saturated carbocycles. The van der Waals surface area contributed by atoms with Crippen molar-refractivity contribution in [1.82, 2.24) is 5.32 Å². The Morgan fingerprint density at radius 2 is 1.93 bits per heavy atom. The van der Waals surface area contributed by atoms with Crippen LogP contribution in [-0.2, 0) is 4.79 Å². The Morgan fingerprint density at radius 3 is 2.40 bits per heavy atom. The van der Waals surface area contributed by atoms with E-state index in [2.05, 4.69) is 5.32 Å². The minimum Gasteiger partial charge on any atom is -0.399 e. The van der Waals surface area contributed by atoms with Gasteiger partial charge in [-0.3, -0.25) is 4.79 Å². The van der Waals surface area contributed by atoms with Gasteiger partial charge in [0.2, 0.25) is 5.91 Å². The van der Waals surface area contributed by atoms with E-state index in [9.17, 15) is 4.79 Å². The summed E-state index contributed by atoms with van der Waals surface area (Å²) in [4.78, 5) is 13.3. The Bertz CT molecular complexity index is 334. The third-order valence-electron chi connectivity index (χ3n) is 2.51. The Balaban J connectivity index is 2.80. The summed E-state index contributed by atoms with van der Waals surface area (Å²) >= 11 is 0. The Hall–Kier alpha value is -1.71. The second-order valence-electron chi connectivity index (χ2n) is 3.49. The molecule has 0 spiro atoms. The van der Waals surface area contributed by atoms with Crippen molar-refractivity contribution in [1.29, 1.82) is 0 Å². The molecule has 1 rings (SSSR count). The molecular weight excluding hydrogens is 190 g/mol. The maximum Gasteiger partial charge on any atom is 0.242 e. The van der Waals surface area contributed by atoms with Gasteiger partial charge in [-0.25, -0.2) is 0 Å². The number of nitrogens with one attached hydrogen (secondary N) is 1. The monoisotopic (exact) mass is 207 g/mol. The zero-order valence-corrected chi connectivity index (χ0v) is 9.32. The second-order valence-corrected chi connectivity index (χ2v) is 3.49. The van der Waals surface area contributed by atoms with E-state index in [4.69, 9.17) is 5.73 Å². The summed E-state index contributed by atoms with van der Waals surface area (Å²) in [6, 6.07) is 7.24. The summed E-state index contributed by atoms with van der Waals surface area (Å²) in [5, 5.41) is 2.62. The number of likely N-dealkylation sites (N-methyl/N-ethyl adjacent to an activating group) is 2. The standard InChI is InChI=1S/C11H17N3O/c1-8(11(15)13-2)14(3)10-6-4-9(12)5-7-10/h4-8H,12H2,1-3H3,(H,13,15). The van der Waals surface area contributed by atoms with Crippen LogP contribution in [0.2, 0.25) is 0 Å². The number of nitrogen functional groups attached to an aromatic ring is 1. The first-order valence-corrected chi connectivity index (χ1v) is 4.86. The summed E-state index contributed by atoms with van der Waals surface area (Å²) in [7, 11) is 3.51. The summed E-state index contributed by atoms with van der Waals surface area (Å²) in [5.74, 6) is -0.00525. The lowest BCUT2D eigenvalue weighted by Crippen LogP contribution is -2.41. The molecule has 1 aromatic rings. The highest BCUT2D eigenvalue weighted by Crippen LogP contribution is 2.16. The maximum atomic E-state index is 11.4. The lowest BCUT2D eigenvalue weighted by atomic mass is 10.2. The molecule has 82 valence electrons. The van der Waals surface area contributed by atoms with Crippen LogP contribution in [0.15, 0.2) is 24.3 Å². The molecule has 0 heterocycles. The van der Waals surface area contributed by atoms with Gasteiger partial charge in [-0.2, -0.15) is 0 Å². The smallest absolute Gasteiger partial charge is 0.242 e. The molecule has 0 aliphatic rings. The normalized spacial score (nSPS) is 11.9. The van der Waals surface area contributed by atoms with Gasteiger partial charge in [-0.05, 0) is 31.2 Å². The van der Waals surface area contributed by atoms with Crippen LogP contribution in [0.4, 0.5) is 11.4 Å². The average Bonchev–Trinajstić information content (AvgIpc) is 2.27. The van der Waals surface area contributed by atoms with Crippen LogP contribution < -0.4 is 16.0 Å². The van der Waals surface area contributed by atoms with Gasteiger partial charge in [0.05, 0.1) is 0 Å². The zero-order valence-electron chi connectivity index (χ0n) is 9.32. The first-order valence-electron chi connectivity index (χ1n) is 4.86. The first-order chi connectivity index (χ1) is 7.06. The van der Waals surface area contributed by atoms with E-state index >= 15 is 0 Å². The summed E-state index contributed by atoms with van der Waals surface area (Å²) in [5.41, 5.74) is 7.29. The van der Waals surface area contributed by atoms with Gasteiger partial charge in [-0.1, -0.05) is 0 Å². The van der Waals surface area contributed by atoms with E-state index in [0.29, 0.717) is 0 Å². The predicted molar refractivity (Wildman–Crippen MR) is 62.8 cm³/mol. The van der Waals surface area contributed by atoms with Gasteiger partial charge in [0.15, 0.2) is 0 Å². The molecule has 0 fully saturated rings. The number of anilines is 2. The van der Waals surface area contributed by atoms with Crippen LogP contribution in [0.5, 0.6) is 0 Å². The molecule has 1 unspecified atom stereocenters. The third kappa shape index (κ3) is 2.62. The fourth-order valence-corrected chi connectivity index (χ4v) is 1.32. The zero-order chi connectivity index (χ0) is 11.4. The van der Waals surface area contributed by atoms with E-state index in [1.807, 2.05) is 43.1 Å². The molecule has 3 N–H and O–H groups in total. The number of carbonyl (C=O) groups excluding carboxylic acids is 1. The van der Waals surface area contributed by atoms with Crippen LogP contribution in [0.3, 0.4) is 0 Å². The minimum absolute atomic E-state index is 0.00525. The number of amides is 1. The second kappa shape index (κ2) is 4.68. The van der Waals surface area contributed by atoms with Gasteiger partial charge in [0.25, 0.3) is 0 Å². The summed E-state index contributed by atoms with van der Waals surface area (Å²) < 4.78 is 0. The third-order valence-corrected chi connectivity index (χ3v) is 2.51. The number of carbonyl (C=O) groups is 1. The molecule has 0 aliphatic carbocycles. The topological polar surface area (TPSA) is 58.4 Å². The van der Waals surface area contributed by atoms with E-state index in [1.165, 1.54) is 0 Å². The molecule has 0 saturated heterocycles. The fraction of sp³-hybridized carbons (Fsp3) is 0.364. The number of nitrogens with two attached hydrogens (primary N) is 1. The summed E-state index contributed by atoms with van der Waals surface area (Å²) in [6.45, 7) is 1.86. The lowest BCUT2D eigenvalue weighted by Gasteiger charge is -2.25. The van der Waals surface area contributed by atoms with Crippen molar-refractivity contribution in [2.24, 2.45) is 0 Å². The number of hydrogen-bond acceptors (Lipinski definition) is 3. The molecule has 0 aliphatic heterocycles. The van der Waals surface area contributed by atoms with Gasteiger partial charge < -0.3 is 16.0 Å². The molecule has 4 heteroatoms. The van der Waals surface area contributed by atoms with Crippen LogP contribution >= 0.6 is 0 Å². The van der Waals surface area contributed by atoms with Crippen LogP contribution in [0.25, 0.3) is 0 Å². The van der Waals surface area contributed by atoms with Crippen molar-refractivity contribution in [2.45, 2.75) is 13.0 Å². The van der Waals surface area contributed by atoms with Crippen LogP contribution in [0, 0.1) is 0 Å². The highest BCUT2D eigenvalue weighted by Gasteiger charge is 2.16. The highest BCUT2D eigenvalue weighted by molar-refractivity contribution is 5.84. The highest BCUT2D eigenvalue weighted by atomic mass is 16.2. The van der Waals surface area contributed by atoms with Crippen LogP contribution in [0.1, 0.15) is 6.92 Å². The molecule has 0 bridgehead atoms. The molecule has 1 amide bonds. The number of benzene rings is 1. The van der Waals surface area contributed by atoms with E-state index in [1.54, 1.807) is 7.05 Å². The van der Waals surface area contributed by atoms with Crippen molar-refractivity contribution >= 4 is 17.3 Å². The Morgan fingerprint density at radius 1 is 1.40 bits per heavy atom. The van der Waals surface area contributed by atoms with Crippen molar-refractivity contribution in [2.75, 3.05) is 24.7 Å². The Labute approximate surface area is 90.1 Å². The minimum atomic E-state index is -0.196. The van der Waals surface area contributed by atoms with E-state index in [0.717, 1.165) is 11.4 Å². The molecule has 0 radical (unpaired) electrons.